The monoisotopic (exact) mass is 377 g/mol. The van der Waals surface area contributed by atoms with Crippen LogP contribution < -0.4 is 0 Å². The van der Waals surface area contributed by atoms with Gasteiger partial charge in [-0.25, -0.2) is 9.69 Å². The van der Waals surface area contributed by atoms with Gasteiger partial charge in [-0.05, 0) is 45.0 Å². The summed E-state index contributed by atoms with van der Waals surface area (Å²) in [5, 5.41) is 10.5. The van der Waals surface area contributed by atoms with E-state index in [1.54, 1.807) is 0 Å². The molecule has 1 atom stereocenters. The Morgan fingerprint density at radius 2 is 1.88 bits per heavy atom. The molecule has 1 heterocycles. The number of imide groups is 1. The topological polar surface area (TPSA) is 66.8 Å². The van der Waals surface area contributed by atoms with Gasteiger partial charge in [-0.2, -0.15) is 13.2 Å². The van der Waals surface area contributed by atoms with E-state index in [-0.39, 0.29) is 5.02 Å². The molecule has 0 radical (unpaired) electrons. The van der Waals surface area contributed by atoms with Gasteiger partial charge in [-0.15, -0.1) is 0 Å². The lowest BCUT2D eigenvalue weighted by Gasteiger charge is -2.34. The van der Waals surface area contributed by atoms with Gasteiger partial charge in [0, 0.05) is 16.7 Å². The molecule has 5 nitrogen and oxygen atoms in total. The molecule has 136 valence electrons. The van der Waals surface area contributed by atoms with Crippen LogP contribution in [-0.2, 0) is 21.4 Å². The zero-order valence-corrected chi connectivity index (χ0v) is 14.3. The highest BCUT2D eigenvalue weighted by atomic mass is 35.5. The second-order valence-corrected chi connectivity index (χ2v) is 6.81. The number of alkyl halides is 3. The quantitative estimate of drug-likeness (QED) is 0.807. The lowest BCUT2D eigenvalue weighted by molar-refractivity contribution is -0.140. The van der Waals surface area contributed by atoms with Crippen LogP contribution in [0, 0.1) is 0 Å². The fourth-order valence-corrected chi connectivity index (χ4v) is 2.49. The molecular weight excluding hydrogens is 363 g/mol. The maximum Gasteiger partial charge on any atom is 0.420 e. The molecule has 25 heavy (non-hydrogen) atoms. The smallest absolute Gasteiger partial charge is 0.420 e. The van der Waals surface area contributed by atoms with Gasteiger partial charge >= 0.3 is 12.3 Å². The van der Waals surface area contributed by atoms with Crippen molar-refractivity contribution in [3.8, 4) is 0 Å². The van der Waals surface area contributed by atoms with Gasteiger partial charge < -0.3 is 9.84 Å². The largest absolute Gasteiger partial charge is 0.443 e. The maximum absolute atomic E-state index is 13.0. The normalized spacial score (nSPS) is 21.0. The van der Waals surface area contributed by atoms with Crippen LogP contribution in [0.5, 0.6) is 0 Å². The molecule has 0 fully saturated rings. The number of hydrogen-bond donors (Lipinski definition) is 1. The number of nitrogens with zero attached hydrogens (tertiary/aromatic N) is 1. The Labute approximate surface area is 146 Å². The van der Waals surface area contributed by atoms with Gasteiger partial charge in [0.05, 0.1) is 5.56 Å². The molecule has 0 bridgehead atoms. The van der Waals surface area contributed by atoms with E-state index in [0.717, 1.165) is 24.3 Å². The summed E-state index contributed by atoms with van der Waals surface area (Å²) in [6, 6.07) is 2.25. The van der Waals surface area contributed by atoms with E-state index >= 15 is 0 Å². The van der Waals surface area contributed by atoms with Crippen LogP contribution in [-0.4, -0.2) is 27.6 Å². The molecule has 1 unspecified atom stereocenters. The van der Waals surface area contributed by atoms with E-state index < -0.39 is 40.6 Å². The third-order valence-corrected chi connectivity index (χ3v) is 3.62. The first-order valence-electron chi connectivity index (χ1n) is 7.12. The first-order chi connectivity index (χ1) is 11.3. The zero-order valence-electron chi connectivity index (χ0n) is 13.5. The fraction of sp³-hybridized carbons (Fsp3) is 0.375. The van der Waals surface area contributed by atoms with Gasteiger partial charge in [0.1, 0.15) is 5.60 Å². The number of ether oxygens (including phenoxy) is 1. The third kappa shape index (κ3) is 3.80. The number of amides is 2. The van der Waals surface area contributed by atoms with Crippen molar-refractivity contribution in [3.63, 3.8) is 0 Å². The molecule has 0 saturated carbocycles. The Kier molecular flexibility index (Phi) is 4.65. The number of carbonyl (C=O) groups is 2. The zero-order chi connectivity index (χ0) is 19.2. The molecule has 0 saturated heterocycles. The van der Waals surface area contributed by atoms with Crippen molar-refractivity contribution in [1.82, 2.24) is 4.90 Å². The van der Waals surface area contributed by atoms with E-state index in [1.807, 2.05) is 0 Å². The fourth-order valence-electron chi connectivity index (χ4n) is 2.24. The molecule has 2 amide bonds. The molecule has 1 aliphatic rings. The number of rotatable bonds is 1. The van der Waals surface area contributed by atoms with Crippen molar-refractivity contribution in [2.24, 2.45) is 0 Å². The Bertz CT molecular complexity index is 755. The highest BCUT2D eigenvalue weighted by molar-refractivity contribution is 6.31. The van der Waals surface area contributed by atoms with Crippen molar-refractivity contribution in [3.05, 3.63) is 46.5 Å². The summed E-state index contributed by atoms with van der Waals surface area (Å²) < 4.78 is 43.9. The van der Waals surface area contributed by atoms with Gasteiger partial charge in [0.15, 0.2) is 5.72 Å². The first-order valence-corrected chi connectivity index (χ1v) is 7.49. The minimum atomic E-state index is -4.70. The number of carbonyl (C=O) groups excluding carboxylic acids is 2. The summed E-state index contributed by atoms with van der Waals surface area (Å²) in [5.41, 5.74) is -5.02. The molecule has 1 aromatic rings. The van der Waals surface area contributed by atoms with Crippen molar-refractivity contribution >= 4 is 23.6 Å². The maximum atomic E-state index is 13.0. The number of benzene rings is 1. The van der Waals surface area contributed by atoms with Gasteiger partial charge in [0.2, 0.25) is 0 Å². The van der Waals surface area contributed by atoms with Crippen molar-refractivity contribution < 1.29 is 32.6 Å². The van der Waals surface area contributed by atoms with Crippen LogP contribution in [0.2, 0.25) is 5.02 Å². The molecular formula is C16H15ClF3NO4. The van der Waals surface area contributed by atoms with Gasteiger partial charge in [0.25, 0.3) is 5.91 Å². The Morgan fingerprint density at radius 3 is 2.40 bits per heavy atom. The molecule has 0 spiro atoms. The van der Waals surface area contributed by atoms with Crippen LogP contribution in [0.15, 0.2) is 30.4 Å². The van der Waals surface area contributed by atoms with E-state index in [2.05, 4.69) is 0 Å². The van der Waals surface area contributed by atoms with Crippen LogP contribution in [0.4, 0.5) is 18.0 Å². The van der Waals surface area contributed by atoms with Gasteiger partial charge in [-0.3, -0.25) is 4.79 Å². The van der Waals surface area contributed by atoms with E-state index in [4.69, 9.17) is 16.3 Å². The van der Waals surface area contributed by atoms with Crippen molar-refractivity contribution in [2.75, 3.05) is 0 Å². The summed E-state index contributed by atoms with van der Waals surface area (Å²) in [6.07, 6.45) is -4.15. The lowest BCUT2D eigenvalue weighted by atomic mass is 10.00. The van der Waals surface area contributed by atoms with E-state index in [0.29, 0.717) is 11.0 Å². The molecule has 0 aliphatic carbocycles. The average molecular weight is 378 g/mol. The van der Waals surface area contributed by atoms with Crippen molar-refractivity contribution in [2.45, 2.75) is 38.3 Å². The number of hydrogen-bond acceptors (Lipinski definition) is 4. The van der Waals surface area contributed by atoms with E-state index in [1.165, 1.54) is 20.8 Å². The summed E-state index contributed by atoms with van der Waals surface area (Å²) in [7, 11) is 0. The minimum absolute atomic E-state index is 0.247. The van der Waals surface area contributed by atoms with Crippen molar-refractivity contribution in [1.29, 1.82) is 0 Å². The highest BCUT2D eigenvalue weighted by Crippen LogP contribution is 2.40. The second-order valence-electron chi connectivity index (χ2n) is 6.41. The first kappa shape index (κ1) is 19.3. The summed E-state index contributed by atoms with van der Waals surface area (Å²) in [6.45, 7) is 4.61. The minimum Gasteiger partial charge on any atom is -0.443 e. The molecule has 2 rings (SSSR count). The molecule has 9 heteroatoms. The van der Waals surface area contributed by atoms with Crippen LogP contribution in [0.3, 0.4) is 0 Å². The lowest BCUT2D eigenvalue weighted by Crippen LogP contribution is -2.49. The van der Waals surface area contributed by atoms with Gasteiger partial charge in [-0.1, -0.05) is 11.6 Å². The summed E-state index contributed by atoms with van der Waals surface area (Å²) >= 11 is 5.92. The van der Waals surface area contributed by atoms with Crippen LogP contribution >= 0.6 is 11.6 Å². The highest BCUT2D eigenvalue weighted by Gasteiger charge is 2.49. The SMILES string of the molecule is CC(C)(C)OC(=O)N1C(=O)C=CC1(O)c1cc(C(F)(F)F)ccc1Cl. The molecule has 1 aromatic carbocycles. The summed E-state index contributed by atoms with van der Waals surface area (Å²) in [4.78, 5) is 24.6. The van der Waals surface area contributed by atoms with Crippen LogP contribution in [0.1, 0.15) is 31.9 Å². The number of halogens is 4. The predicted molar refractivity (Wildman–Crippen MR) is 82.6 cm³/mol. The molecule has 0 aromatic heterocycles. The number of aliphatic hydroxyl groups is 1. The average Bonchev–Trinajstić information content (AvgIpc) is 2.72. The van der Waals surface area contributed by atoms with Crippen LogP contribution in [0.25, 0.3) is 0 Å². The molecule has 1 N–H and O–H groups in total. The predicted octanol–water partition coefficient (Wildman–Crippen LogP) is 3.84. The molecule has 1 aliphatic heterocycles. The van der Waals surface area contributed by atoms with E-state index in [9.17, 15) is 27.9 Å². The standard InChI is InChI=1S/C16H15ClF3NO4/c1-14(2,3)25-13(23)21-12(22)6-7-15(21,24)10-8-9(16(18,19)20)4-5-11(10)17/h4-8,24H,1-3H3. The Hall–Kier alpha value is -2.06. The summed E-state index contributed by atoms with van der Waals surface area (Å²) in [5.74, 6) is -0.940. The Morgan fingerprint density at radius 1 is 1.28 bits per heavy atom. The Balaban J connectivity index is 2.54. The second kappa shape index (κ2) is 6.03. The third-order valence-electron chi connectivity index (χ3n) is 3.29.